The van der Waals surface area contributed by atoms with E-state index in [1.165, 1.54) is 27.9 Å². The lowest BCUT2D eigenvalue weighted by Gasteiger charge is -2.05. The van der Waals surface area contributed by atoms with Gasteiger partial charge in [-0.1, -0.05) is 26.7 Å². The fourth-order valence-electron chi connectivity index (χ4n) is 1.46. The first-order chi connectivity index (χ1) is 7.18. The van der Waals surface area contributed by atoms with Crippen LogP contribution in [0.4, 0.5) is 0 Å². The molecule has 0 atom stereocenters. The Balaban J connectivity index is 1.98. The summed E-state index contributed by atoms with van der Waals surface area (Å²) in [7, 11) is 0. The van der Waals surface area contributed by atoms with Crippen molar-refractivity contribution in [1.82, 2.24) is 5.32 Å². The van der Waals surface area contributed by atoms with Gasteiger partial charge in [0, 0.05) is 11.4 Å². The number of hydrogen-bond acceptors (Lipinski definition) is 2. The molecule has 3 heteroatoms. The highest BCUT2D eigenvalue weighted by molar-refractivity contribution is 9.11. The van der Waals surface area contributed by atoms with E-state index in [0.29, 0.717) is 0 Å². The zero-order valence-corrected chi connectivity index (χ0v) is 12.0. The van der Waals surface area contributed by atoms with Crippen LogP contribution in [0.25, 0.3) is 0 Å². The second kappa shape index (κ2) is 7.42. The van der Waals surface area contributed by atoms with Gasteiger partial charge in [-0.3, -0.25) is 0 Å². The van der Waals surface area contributed by atoms with Crippen LogP contribution in [0.5, 0.6) is 0 Å². The second-order valence-corrected chi connectivity index (χ2v) is 6.82. The number of thiophene rings is 1. The highest BCUT2D eigenvalue weighted by atomic mass is 79.9. The highest BCUT2D eigenvalue weighted by Gasteiger charge is 1.97. The molecule has 0 radical (unpaired) electrons. The van der Waals surface area contributed by atoms with Gasteiger partial charge in [0.2, 0.25) is 0 Å². The molecule has 0 saturated carbocycles. The third-order valence-corrected chi connectivity index (χ3v) is 3.94. The molecule has 1 aromatic rings. The molecule has 0 aliphatic heterocycles. The lowest BCUT2D eigenvalue weighted by molar-refractivity contribution is 0.521. The van der Waals surface area contributed by atoms with Crippen LogP contribution in [0.2, 0.25) is 0 Å². The predicted octanol–water partition coefficient (Wildman–Crippen LogP) is 4.43. The Hall–Kier alpha value is 0.140. The molecule has 0 unspecified atom stereocenters. The molecule has 1 N–H and O–H groups in total. The lowest BCUT2D eigenvalue weighted by Crippen LogP contribution is -2.13. The number of halogens is 1. The van der Waals surface area contributed by atoms with Gasteiger partial charge < -0.3 is 5.32 Å². The molecule has 0 saturated heterocycles. The molecule has 0 aliphatic carbocycles. The van der Waals surface area contributed by atoms with E-state index in [1.54, 1.807) is 0 Å². The number of rotatable bonds is 7. The standard InChI is InChI=1S/C12H20BrNS/c1-10(2)5-3-4-8-14-9-11-6-7-12(13)15-11/h6-7,10,14H,3-5,8-9H2,1-2H3. The topological polar surface area (TPSA) is 12.0 Å². The summed E-state index contributed by atoms with van der Waals surface area (Å²) < 4.78 is 1.22. The smallest absolute Gasteiger partial charge is 0.0701 e. The van der Waals surface area contributed by atoms with Gasteiger partial charge >= 0.3 is 0 Å². The minimum absolute atomic E-state index is 0.846. The van der Waals surface area contributed by atoms with Gasteiger partial charge in [0.25, 0.3) is 0 Å². The largest absolute Gasteiger partial charge is 0.312 e. The normalized spacial score (nSPS) is 11.2. The fraction of sp³-hybridized carbons (Fsp3) is 0.667. The summed E-state index contributed by atoms with van der Waals surface area (Å²) in [6.07, 6.45) is 4.00. The van der Waals surface area contributed by atoms with Gasteiger partial charge in [0.1, 0.15) is 0 Å². The van der Waals surface area contributed by atoms with Gasteiger partial charge in [-0.25, -0.2) is 0 Å². The van der Waals surface area contributed by atoms with Crippen LogP contribution in [-0.4, -0.2) is 6.54 Å². The average molecular weight is 290 g/mol. The monoisotopic (exact) mass is 289 g/mol. The molecular formula is C12H20BrNS. The molecule has 1 heterocycles. The van der Waals surface area contributed by atoms with Crippen molar-refractivity contribution in [2.45, 2.75) is 39.7 Å². The van der Waals surface area contributed by atoms with E-state index in [9.17, 15) is 0 Å². The molecular weight excluding hydrogens is 270 g/mol. The zero-order chi connectivity index (χ0) is 11.1. The Morgan fingerprint density at radius 3 is 2.73 bits per heavy atom. The first kappa shape index (κ1) is 13.2. The summed E-state index contributed by atoms with van der Waals surface area (Å²) in [4.78, 5) is 1.41. The Bertz CT molecular complexity index is 270. The molecule has 0 bridgehead atoms. The van der Waals surface area contributed by atoms with Gasteiger partial charge in [-0.2, -0.15) is 0 Å². The number of hydrogen-bond donors (Lipinski definition) is 1. The number of nitrogens with one attached hydrogen (secondary N) is 1. The van der Waals surface area contributed by atoms with E-state index in [4.69, 9.17) is 0 Å². The zero-order valence-electron chi connectivity index (χ0n) is 9.55. The SMILES string of the molecule is CC(C)CCCCNCc1ccc(Br)s1. The van der Waals surface area contributed by atoms with Gasteiger partial charge in [0.05, 0.1) is 3.79 Å². The maximum Gasteiger partial charge on any atom is 0.0701 e. The van der Waals surface area contributed by atoms with Crippen molar-refractivity contribution in [2.75, 3.05) is 6.54 Å². The highest BCUT2D eigenvalue weighted by Crippen LogP contribution is 2.21. The van der Waals surface area contributed by atoms with E-state index < -0.39 is 0 Å². The molecule has 0 spiro atoms. The van der Waals surface area contributed by atoms with E-state index in [1.807, 2.05) is 11.3 Å². The fourth-order valence-corrected chi connectivity index (χ4v) is 2.91. The molecule has 0 amide bonds. The first-order valence-corrected chi connectivity index (χ1v) is 7.24. The average Bonchev–Trinajstić information content (AvgIpc) is 2.57. The van der Waals surface area contributed by atoms with E-state index in [2.05, 4.69) is 47.2 Å². The molecule has 1 nitrogen and oxygen atoms in total. The molecule has 86 valence electrons. The summed E-state index contributed by atoms with van der Waals surface area (Å²) >= 11 is 5.28. The minimum Gasteiger partial charge on any atom is -0.312 e. The van der Waals surface area contributed by atoms with Crippen LogP contribution in [-0.2, 0) is 6.54 Å². The Morgan fingerprint density at radius 1 is 1.33 bits per heavy atom. The summed E-state index contributed by atoms with van der Waals surface area (Å²) in [5, 5.41) is 3.48. The van der Waals surface area contributed by atoms with Crippen LogP contribution in [0.15, 0.2) is 15.9 Å². The molecule has 0 aliphatic rings. The minimum atomic E-state index is 0.846. The summed E-state index contributed by atoms with van der Waals surface area (Å²) in [6.45, 7) is 6.73. The summed E-state index contributed by atoms with van der Waals surface area (Å²) in [5.41, 5.74) is 0. The Labute approximate surface area is 105 Å². The van der Waals surface area contributed by atoms with Crippen molar-refractivity contribution < 1.29 is 0 Å². The maximum atomic E-state index is 3.48. The van der Waals surface area contributed by atoms with Crippen LogP contribution >= 0.6 is 27.3 Å². The molecule has 15 heavy (non-hydrogen) atoms. The molecule has 1 aromatic heterocycles. The van der Waals surface area contributed by atoms with Crippen LogP contribution in [0, 0.1) is 5.92 Å². The van der Waals surface area contributed by atoms with Crippen molar-refractivity contribution in [1.29, 1.82) is 0 Å². The van der Waals surface area contributed by atoms with Crippen molar-refractivity contribution in [3.63, 3.8) is 0 Å². The quantitative estimate of drug-likeness (QED) is 0.733. The molecule has 0 aromatic carbocycles. The lowest BCUT2D eigenvalue weighted by atomic mass is 10.1. The second-order valence-electron chi connectivity index (χ2n) is 4.27. The predicted molar refractivity (Wildman–Crippen MR) is 72.4 cm³/mol. The van der Waals surface area contributed by atoms with Gasteiger partial charge in [-0.15, -0.1) is 11.3 Å². The third-order valence-electron chi connectivity index (χ3n) is 2.31. The van der Waals surface area contributed by atoms with E-state index in [-0.39, 0.29) is 0 Å². The summed E-state index contributed by atoms with van der Waals surface area (Å²) in [5.74, 6) is 0.846. The van der Waals surface area contributed by atoms with Crippen LogP contribution in [0.3, 0.4) is 0 Å². The van der Waals surface area contributed by atoms with Crippen molar-refractivity contribution >= 4 is 27.3 Å². The van der Waals surface area contributed by atoms with Gasteiger partial charge in [0.15, 0.2) is 0 Å². The first-order valence-electron chi connectivity index (χ1n) is 5.63. The Kier molecular flexibility index (Phi) is 6.53. The van der Waals surface area contributed by atoms with Crippen LogP contribution in [0.1, 0.15) is 38.0 Å². The Morgan fingerprint density at radius 2 is 2.13 bits per heavy atom. The van der Waals surface area contributed by atoms with E-state index in [0.717, 1.165) is 19.0 Å². The van der Waals surface area contributed by atoms with Crippen molar-refractivity contribution in [2.24, 2.45) is 5.92 Å². The summed E-state index contributed by atoms with van der Waals surface area (Å²) in [6, 6.07) is 4.29. The third kappa shape index (κ3) is 6.33. The molecule has 0 fully saturated rings. The molecule has 1 rings (SSSR count). The maximum absolute atomic E-state index is 3.48. The van der Waals surface area contributed by atoms with Crippen LogP contribution < -0.4 is 5.32 Å². The van der Waals surface area contributed by atoms with Gasteiger partial charge in [-0.05, 0) is 46.9 Å². The van der Waals surface area contributed by atoms with Crippen molar-refractivity contribution in [3.8, 4) is 0 Å². The van der Waals surface area contributed by atoms with E-state index >= 15 is 0 Å². The van der Waals surface area contributed by atoms with Crippen molar-refractivity contribution in [3.05, 3.63) is 20.8 Å². The number of unbranched alkanes of at least 4 members (excludes halogenated alkanes) is 1.